The molecule has 0 amide bonds. The van der Waals surface area contributed by atoms with E-state index in [9.17, 15) is 0 Å². The van der Waals surface area contributed by atoms with Crippen LogP contribution in [0.15, 0.2) is 18.2 Å². The molecule has 0 saturated carbocycles. The van der Waals surface area contributed by atoms with Gasteiger partial charge in [0.2, 0.25) is 0 Å². The van der Waals surface area contributed by atoms with Crippen LogP contribution in [0.1, 0.15) is 0 Å². The van der Waals surface area contributed by atoms with Gasteiger partial charge >= 0.3 is 0 Å². The first kappa shape index (κ1) is 5.54. The predicted octanol–water partition coefficient (Wildman–Crippen LogP) is 0.270. The van der Waals surface area contributed by atoms with Gasteiger partial charge in [0.15, 0.2) is 0 Å². The van der Waals surface area contributed by atoms with Crippen molar-refractivity contribution in [2.24, 2.45) is 0 Å². The number of hydrogen-bond acceptors (Lipinski definition) is 1. The van der Waals surface area contributed by atoms with Gasteiger partial charge in [-0.2, -0.15) is 0 Å². The molecule has 0 radical (unpaired) electrons. The first-order chi connectivity index (χ1) is 4.92. The molecule has 0 bridgehead atoms. The van der Waals surface area contributed by atoms with Crippen LogP contribution in [0.25, 0.3) is 12.2 Å². The fraction of sp³-hybridized carbons (Fsp3) is 0.111. The summed E-state index contributed by atoms with van der Waals surface area (Å²) in [5.74, 6) is 0.972. The van der Waals surface area contributed by atoms with Gasteiger partial charge in [-0.1, -0.05) is 24.3 Å². The van der Waals surface area contributed by atoms with Crippen LogP contribution in [0.2, 0.25) is 0 Å². The molecule has 1 nitrogen and oxygen atoms in total. The van der Waals surface area contributed by atoms with Gasteiger partial charge in [0.25, 0.3) is 0 Å². The maximum Gasteiger partial charge on any atom is 0.126 e. The van der Waals surface area contributed by atoms with Gasteiger partial charge in [0.05, 0.1) is 7.11 Å². The van der Waals surface area contributed by atoms with E-state index in [1.807, 2.05) is 12.1 Å². The van der Waals surface area contributed by atoms with Crippen molar-refractivity contribution < 1.29 is 4.74 Å². The van der Waals surface area contributed by atoms with E-state index >= 15 is 0 Å². The van der Waals surface area contributed by atoms with Crippen molar-refractivity contribution in [3.8, 4) is 5.75 Å². The molecule has 0 unspecified atom stereocenters. The quantitative estimate of drug-likeness (QED) is 0.533. The Hall–Kier alpha value is -1.24. The molecule has 0 aromatic heterocycles. The first-order valence-corrected chi connectivity index (χ1v) is 3.27. The number of hydrogen-bond donors (Lipinski definition) is 0. The van der Waals surface area contributed by atoms with Crippen molar-refractivity contribution >= 4 is 12.2 Å². The fourth-order valence-corrected chi connectivity index (χ4v) is 1.14. The molecular weight excluding hydrogens is 124 g/mol. The summed E-state index contributed by atoms with van der Waals surface area (Å²) < 4.78 is 5.13. The van der Waals surface area contributed by atoms with E-state index in [1.165, 1.54) is 10.4 Å². The third-order valence-corrected chi connectivity index (χ3v) is 1.75. The molecule has 0 heterocycles. The number of rotatable bonds is 1. The molecule has 1 aromatic rings. The molecule has 2 rings (SSSR count). The van der Waals surface area contributed by atoms with Gasteiger partial charge in [-0.05, 0) is 11.3 Å². The first-order valence-electron chi connectivity index (χ1n) is 3.27. The molecule has 0 fully saturated rings. The highest BCUT2D eigenvalue weighted by Crippen LogP contribution is 2.00. The topological polar surface area (TPSA) is 9.23 Å². The minimum Gasteiger partial charge on any atom is -0.496 e. The molecule has 0 saturated heterocycles. The highest BCUT2D eigenvalue weighted by Gasteiger charge is 1.98. The Balaban J connectivity index is 2.76. The highest BCUT2D eigenvalue weighted by molar-refractivity contribution is 5.70. The molecule has 0 aliphatic heterocycles. The van der Waals surface area contributed by atoms with Crippen LogP contribution in [0.4, 0.5) is 0 Å². The van der Waals surface area contributed by atoms with Gasteiger partial charge in [-0.15, -0.1) is 0 Å². The molecule has 1 heteroatoms. The van der Waals surface area contributed by atoms with E-state index in [2.05, 4.69) is 18.2 Å². The minimum absolute atomic E-state index is 0.972. The Bertz CT molecular complexity index is 363. The van der Waals surface area contributed by atoms with Gasteiger partial charge < -0.3 is 4.74 Å². The number of methoxy groups -OCH3 is 1. The van der Waals surface area contributed by atoms with E-state index in [1.54, 1.807) is 7.11 Å². The Labute approximate surface area is 59.3 Å². The van der Waals surface area contributed by atoms with Crippen LogP contribution in [-0.2, 0) is 0 Å². The standard InChI is InChI=1S/C9H8O/c1-10-9-4-2-3-7-5-6-8(7)9/h2-6H,1H3. The van der Waals surface area contributed by atoms with Crippen LogP contribution in [0.3, 0.4) is 0 Å². The molecule has 1 aliphatic carbocycles. The third-order valence-electron chi connectivity index (χ3n) is 1.75. The average molecular weight is 132 g/mol. The van der Waals surface area contributed by atoms with Crippen LogP contribution < -0.4 is 15.2 Å². The second-order valence-electron chi connectivity index (χ2n) is 2.30. The largest absolute Gasteiger partial charge is 0.496 e. The second-order valence-corrected chi connectivity index (χ2v) is 2.30. The molecule has 1 aromatic carbocycles. The summed E-state index contributed by atoms with van der Waals surface area (Å²) in [7, 11) is 1.70. The summed E-state index contributed by atoms with van der Waals surface area (Å²) in [4.78, 5) is 0. The predicted molar refractivity (Wildman–Crippen MR) is 41.2 cm³/mol. The zero-order chi connectivity index (χ0) is 6.97. The highest BCUT2D eigenvalue weighted by atomic mass is 16.5. The van der Waals surface area contributed by atoms with E-state index in [-0.39, 0.29) is 0 Å². The van der Waals surface area contributed by atoms with E-state index in [0.717, 1.165) is 5.75 Å². The summed E-state index contributed by atoms with van der Waals surface area (Å²) >= 11 is 0. The average Bonchev–Trinajstić information content (AvgIpc) is 1.91. The second kappa shape index (κ2) is 1.87. The Morgan fingerprint density at radius 1 is 1.20 bits per heavy atom. The van der Waals surface area contributed by atoms with Crippen molar-refractivity contribution in [1.29, 1.82) is 0 Å². The van der Waals surface area contributed by atoms with Gasteiger partial charge in [-0.25, -0.2) is 0 Å². The number of fused-ring (bicyclic) bond motifs is 1. The molecule has 1 aliphatic rings. The van der Waals surface area contributed by atoms with Crippen molar-refractivity contribution in [3.05, 3.63) is 28.6 Å². The van der Waals surface area contributed by atoms with E-state index in [0.29, 0.717) is 0 Å². The smallest absolute Gasteiger partial charge is 0.126 e. The van der Waals surface area contributed by atoms with Crippen LogP contribution >= 0.6 is 0 Å². The van der Waals surface area contributed by atoms with E-state index in [4.69, 9.17) is 4.74 Å². The summed E-state index contributed by atoms with van der Waals surface area (Å²) in [6.45, 7) is 0. The SMILES string of the molecule is COc1cccc2c1=CC=2. The Kier molecular flexibility index (Phi) is 1.04. The normalized spacial score (nSPS) is 12.1. The maximum absolute atomic E-state index is 5.13. The Morgan fingerprint density at radius 3 is 2.60 bits per heavy atom. The monoisotopic (exact) mass is 132 g/mol. The zero-order valence-electron chi connectivity index (χ0n) is 5.79. The lowest BCUT2D eigenvalue weighted by molar-refractivity contribution is 0.410. The maximum atomic E-state index is 5.13. The van der Waals surface area contributed by atoms with Gasteiger partial charge in [0, 0.05) is 5.22 Å². The van der Waals surface area contributed by atoms with Crippen molar-refractivity contribution in [1.82, 2.24) is 0 Å². The lowest BCUT2D eigenvalue weighted by atomic mass is 10.1. The van der Waals surface area contributed by atoms with Crippen LogP contribution in [0.5, 0.6) is 5.75 Å². The van der Waals surface area contributed by atoms with Crippen molar-refractivity contribution in [3.63, 3.8) is 0 Å². The van der Waals surface area contributed by atoms with Crippen LogP contribution in [-0.4, -0.2) is 7.11 Å². The molecule has 10 heavy (non-hydrogen) atoms. The lowest BCUT2D eigenvalue weighted by Crippen LogP contribution is -2.31. The summed E-state index contributed by atoms with van der Waals surface area (Å²) in [5.41, 5.74) is 0. The fourth-order valence-electron chi connectivity index (χ4n) is 1.14. The third kappa shape index (κ3) is 0.574. The summed E-state index contributed by atoms with van der Waals surface area (Å²) in [6.07, 6.45) is 4.14. The van der Waals surface area contributed by atoms with Crippen LogP contribution in [0, 0.1) is 0 Å². The number of benzene rings is 1. The molecule has 0 spiro atoms. The zero-order valence-corrected chi connectivity index (χ0v) is 5.79. The van der Waals surface area contributed by atoms with Crippen molar-refractivity contribution in [2.75, 3.05) is 7.11 Å². The van der Waals surface area contributed by atoms with Gasteiger partial charge in [0.1, 0.15) is 5.75 Å². The molecule has 50 valence electrons. The molecule has 0 N–H and O–H groups in total. The van der Waals surface area contributed by atoms with E-state index < -0.39 is 0 Å². The Morgan fingerprint density at radius 2 is 2.10 bits per heavy atom. The summed E-state index contributed by atoms with van der Waals surface area (Å²) in [6, 6.07) is 6.06. The van der Waals surface area contributed by atoms with Gasteiger partial charge in [-0.3, -0.25) is 0 Å². The molecular formula is C9H8O. The minimum atomic E-state index is 0.972. The summed E-state index contributed by atoms with van der Waals surface area (Å²) in [5, 5.41) is 2.50. The molecule has 0 atom stereocenters. The van der Waals surface area contributed by atoms with Crippen molar-refractivity contribution in [2.45, 2.75) is 0 Å². The lowest BCUT2D eigenvalue weighted by Gasteiger charge is -2.04. The number of ether oxygens (including phenoxy) is 1.